The Morgan fingerprint density at radius 2 is 1.18 bits per heavy atom. The van der Waals surface area contributed by atoms with E-state index >= 15 is 0 Å². The van der Waals surface area contributed by atoms with Gasteiger partial charge in [0.1, 0.15) is 16.2 Å². The van der Waals surface area contributed by atoms with Gasteiger partial charge in [-0.15, -0.1) is 11.3 Å². The molecule has 0 spiro atoms. The molecule has 8 aromatic carbocycles. The Hall–Kier alpha value is -6.23. The fourth-order valence-electron chi connectivity index (χ4n) is 7.10. The molecule has 0 fully saturated rings. The highest BCUT2D eigenvalue weighted by molar-refractivity contribution is 7.21. The molecule has 0 bridgehead atoms. The smallest absolute Gasteiger partial charge is 0.137 e. The SMILES string of the molecule is c1ccc(N(c2ccc(-c3ccc4ccccc4c3)cc2)c2ccc3c(c2)oc2cccc(-c4nc5c(ccc6ccccc65)s4)c23)cc1. The lowest BCUT2D eigenvalue weighted by molar-refractivity contribution is 0.669. The van der Waals surface area contributed by atoms with E-state index in [1.54, 1.807) is 11.3 Å². The standard InChI is InChI=1S/C45H28N2OS/c1-2-12-34(13-3-1)47(35-22-19-30(20-23-35)33-18-17-29-9-4-5-11-32(29)27-33)36-24-25-38-41(28-36)48-40-16-8-15-39(43(38)40)45-46-44-37-14-7-6-10-31(37)21-26-42(44)49-45/h1-28H. The van der Waals surface area contributed by atoms with Crippen LogP contribution in [-0.4, -0.2) is 4.98 Å². The lowest BCUT2D eigenvalue weighted by Gasteiger charge is -2.25. The molecule has 0 unspecified atom stereocenters. The van der Waals surface area contributed by atoms with E-state index in [1.165, 1.54) is 37.4 Å². The van der Waals surface area contributed by atoms with Gasteiger partial charge in [-0.3, -0.25) is 0 Å². The summed E-state index contributed by atoms with van der Waals surface area (Å²) in [5, 5.41) is 8.06. The molecule has 0 amide bonds. The number of hydrogen-bond donors (Lipinski definition) is 0. The van der Waals surface area contributed by atoms with Crippen LogP contribution in [0.1, 0.15) is 0 Å². The van der Waals surface area contributed by atoms with Crippen molar-refractivity contribution in [2.75, 3.05) is 4.90 Å². The van der Waals surface area contributed by atoms with E-state index in [-0.39, 0.29) is 0 Å². The van der Waals surface area contributed by atoms with Crippen molar-refractivity contribution >= 4 is 82.1 Å². The topological polar surface area (TPSA) is 29.3 Å². The number of rotatable bonds is 5. The maximum absolute atomic E-state index is 6.58. The minimum absolute atomic E-state index is 0.847. The second-order valence-corrected chi connectivity index (χ2v) is 13.4. The zero-order chi connectivity index (χ0) is 32.3. The summed E-state index contributed by atoms with van der Waals surface area (Å²) in [6.07, 6.45) is 0. The van der Waals surface area contributed by atoms with Gasteiger partial charge in [-0.1, -0.05) is 109 Å². The fourth-order valence-corrected chi connectivity index (χ4v) is 8.12. The van der Waals surface area contributed by atoms with E-state index in [1.807, 2.05) is 0 Å². The third-order valence-corrected chi connectivity index (χ3v) is 10.5. The molecule has 0 radical (unpaired) electrons. The van der Waals surface area contributed by atoms with Crippen LogP contribution < -0.4 is 4.90 Å². The van der Waals surface area contributed by atoms with Gasteiger partial charge in [-0.05, 0) is 81.9 Å². The molecular formula is C45H28N2OS. The molecule has 0 aliphatic rings. The number of para-hydroxylation sites is 1. The predicted molar refractivity (Wildman–Crippen MR) is 207 cm³/mol. The van der Waals surface area contributed by atoms with Crippen LogP contribution in [0.3, 0.4) is 0 Å². The third kappa shape index (κ3) is 4.68. The van der Waals surface area contributed by atoms with E-state index in [0.717, 1.165) is 55.1 Å². The maximum Gasteiger partial charge on any atom is 0.137 e. The molecule has 0 saturated heterocycles. The molecule has 2 aromatic heterocycles. The molecule has 3 nitrogen and oxygen atoms in total. The second-order valence-electron chi connectivity index (χ2n) is 12.4. The molecule has 0 N–H and O–H groups in total. The first-order chi connectivity index (χ1) is 24.3. The molecule has 49 heavy (non-hydrogen) atoms. The highest BCUT2D eigenvalue weighted by Crippen LogP contribution is 2.43. The monoisotopic (exact) mass is 644 g/mol. The van der Waals surface area contributed by atoms with Crippen molar-refractivity contribution < 1.29 is 4.42 Å². The Morgan fingerprint density at radius 1 is 0.469 bits per heavy atom. The number of benzene rings is 8. The zero-order valence-corrected chi connectivity index (χ0v) is 27.2. The van der Waals surface area contributed by atoms with Crippen LogP contribution in [0.4, 0.5) is 17.1 Å². The van der Waals surface area contributed by atoms with Crippen LogP contribution in [0.25, 0.3) is 75.4 Å². The van der Waals surface area contributed by atoms with Crippen LogP contribution in [0.15, 0.2) is 174 Å². The Balaban J connectivity index is 1.07. The quantitative estimate of drug-likeness (QED) is 0.187. The van der Waals surface area contributed by atoms with Gasteiger partial charge in [0.15, 0.2) is 0 Å². The van der Waals surface area contributed by atoms with Crippen molar-refractivity contribution in [3.8, 4) is 21.7 Å². The van der Waals surface area contributed by atoms with Gasteiger partial charge < -0.3 is 9.32 Å². The summed E-state index contributed by atoms with van der Waals surface area (Å²) in [6.45, 7) is 0. The highest BCUT2D eigenvalue weighted by atomic mass is 32.1. The molecule has 0 aliphatic heterocycles. The molecule has 230 valence electrons. The molecular weight excluding hydrogens is 617 g/mol. The van der Waals surface area contributed by atoms with Gasteiger partial charge in [-0.2, -0.15) is 0 Å². The van der Waals surface area contributed by atoms with E-state index in [0.29, 0.717) is 0 Å². The number of aromatic nitrogens is 1. The first-order valence-electron chi connectivity index (χ1n) is 16.5. The second kappa shape index (κ2) is 11.2. The van der Waals surface area contributed by atoms with Crippen molar-refractivity contribution in [2.24, 2.45) is 0 Å². The lowest BCUT2D eigenvalue weighted by atomic mass is 10.0. The molecule has 0 atom stereocenters. The van der Waals surface area contributed by atoms with Gasteiger partial charge in [0.2, 0.25) is 0 Å². The molecule has 4 heteroatoms. The summed E-state index contributed by atoms with van der Waals surface area (Å²) in [4.78, 5) is 7.47. The first kappa shape index (κ1) is 27.8. The summed E-state index contributed by atoms with van der Waals surface area (Å²) in [5.74, 6) is 0. The number of thiazole rings is 1. The van der Waals surface area contributed by atoms with Crippen molar-refractivity contribution in [3.05, 3.63) is 170 Å². The third-order valence-electron chi connectivity index (χ3n) is 9.48. The summed E-state index contributed by atoms with van der Waals surface area (Å²) in [5.41, 5.74) is 9.44. The summed E-state index contributed by atoms with van der Waals surface area (Å²) in [6, 6.07) is 60.2. The van der Waals surface area contributed by atoms with Gasteiger partial charge in [0, 0.05) is 44.9 Å². The molecule has 0 saturated carbocycles. The Bertz CT molecular complexity index is 2830. The zero-order valence-electron chi connectivity index (χ0n) is 26.4. The van der Waals surface area contributed by atoms with Gasteiger partial charge >= 0.3 is 0 Å². The minimum atomic E-state index is 0.847. The van der Waals surface area contributed by atoms with Crippen LogP contribution in [0.2, 0.25) is 0 Å². The van der Waals surface area contributed by atoms with E-state index in [4.69, 9.17) is 9.40 Å². The van der Waals surface area contributed by atoms with E-state index in [9.17, 15) is 0 Å². The van der Waals surface area contributed by atoms with Crippen molar-refractivity contribution in [1.29, 1.82) is 0 Å². The number of hydrogen-bond acceptors (Lipinski definition) is 4. The molecule has 0 aliphatic carbocycles. The predicted octanol–water partition coefficient (Wildman–Crippen LogP) is 13.3. The average Bonchev–Trinajstić information content (AvgIpc) is 3.77. The van der Waals surface area contributed by atoms with Crippen molar-refractivity contribution in [3.63, 3.8) is 0 Å². The van der Waals surface area contributed by atoms with E-state index < -0.39 is 0 Å². The summed E-state index contributed by atoms with van der Waals surface area (Å²) in [7, 11) is 0. The number of nitrogens with zero attached hydrogens (tertiary/aromatic N) is 2. The molecule has 2 heterocycles. The van der Waals surface area contributed by atoms with E-state index in [2.05, 4.69) is 175 Å². The van der Waals surface area contributed by atoms with Gasteiger partial charge in [0.05, 0.1) is 10.2 Å². The fraction of sp³-hybridized carbons (Fsp3) is 0. The van der Waals surface area contributed by atoms with Crippen LogP contribution in [-0.2, 0) is 0 Å². The van der Waals surface area contributed by atoms with Gasteiger partial charge in [0.25, 0.3) is 0 Å². The largest absolute Gasteiger partial charge is 0.456 e. The average molecular weight is 645 g/mol. The summed E-state index contributed by atoms with van der Waals surface area (Å²) >= 11 is 1.73. The van der Waals surface area contributed by atoms with Crippen LogP contribution in [0.5, 0.6) is 0 Å². The number of fused-ring (bicyclic) bond motifs is 7. The minimum Gasteiger partial charge on any atom is -0.456 e. The summed E-state index contributed by atoms with van der Waals surface area (Å²) < 4.78 is 7.77. The first-order valence-corrected chi connectivity index (χ1v) is 17.3. The maximum atomic E-state index is 6.58. The Morgan fingerprint density at radius 3 is 2.06 bits per heavy atom. The van der Waals surface area contributed by atoms with Crippen LogP contribution >= 0.6 is 11.3 Å². The van der Waals surface area contributed by atoms with Crippen molar-refractivity contribution in [1.82, 2.24) is 4.98 Å². The van der Waals surface area contributed by atoms with Crippen molar-refractivity contribution in [2.45, 2.75) is 0 Å². The number of furan rings is 1. The Kier molecular flexibility index (Phi) is 6.36. The van der Waals surface area contributed by atoms with Crippen LogP contribution in [0, 0.1) is 0 Å². The highest BCUT2D eigenvalue weighted by Gasteiger charge is 2.19. The molecule has 10 rings (SSSR count). The Labute approximate surface area is 286 Å². The normalized spacial score (nSPS) is 11.7. The molecule has 10 aromatic rings. The number of anilines is 3. The lowest BCUT2D eigenvalue weighted by Crippen LogP contribution is -2.09. The van der Waals surface area contributed by atoms with Gasteiger partial charge in [-0.25, -0.2) is 4.98 Å².